The van der Waals surface area contributed by atoms with Gasteiger partial charge in [0.2, 0.25) is 5.91 Å². The van der Waals surface area contributed by atoms with Crippen LogP contribution in [-0.4, -0.2) is 22.5 Å². The summed E-state index contributed by atoms with van der Waals surface area (Å²) in [5.41, 5.74) is -3.23. The van der Waals surface area contributed by atoms with Gasteiger partial charge in [-0.1, -0.05) is 12.1 Å². The van der Waals surface area contributed by atoms with Crippen LogP contribution in [0.5, 0.6) is 0 Å². The highest BCUT2D eigenvalue weighted by Gasteiger charge is 2.59. The largest absolute Gasteiger partial charge is 0.417 e. The van der Waals surface area contributed by atoms with Gasteiger partial charge in [-0.25, -0.2) is 0 Å². The van der Waals surface area contributed by atoms with E-state index in [4.69, 9.17) is 22.7 Å². The van der Waals surface area contributed by atoms with E-state index in [-0.39, 0.29) is 22.9 Å². The summed E-state index contributed by atoms with van der Waals surface area (Å²) in [4.78, 5) is 28.8. The molecule has 1 aliphatic heterocycles. The Kier molecular flexibility index (Phi) is 8.53. The van der Waals surface area contributed by atoms with Gasteiger partial charge >= 0.3 is 12.4 Å². The van der Waals surface area contributed by atoms with E-state index in [1.54, 1.807) is 29.2 Å². The number of hydrogen-bond donors (Lipinski definition) is 1. The fraction of sp³-hybridized carbons (Fsp3) is 0.281. The minimum atomic E-state index is -4.81. The number of nitrogens with zero attached hydrogens (tertiary/aromatic N) is 4. The molecule has 1 N–H and O–H groups in total. The number of alkyl halides is 6. The van der Waals surface area contributed by atoms with Crippen LogP contribution in [-0.2, 0) is 28.4 Å². The number of benzene rings is 3. The molecule has 1 spiro atoms. The molecular weight excluding hydrogens is 632 g/mol. The van der Waals surface area contributed by atoms with Gasteiger partial charge in [-0.05, 0) is 98.4 Å². The lowest BCUT2D eigenvalue weighted by atomic mass is 9.75. The first kappa shape index (κ1) is 32.4. The molecule has 2 fully saturated rings. The fourth-order valence-corrected chi connectivity index (χ4v) is 6.12. The maximum atomic E-state index is 13.7. The number of carbonyl (C=O) groups is 2. The zero-order valence-corrected chi connectivity index (χ0v) is 24.6. The van der Waals surface area contributed by atoms with E-state index >= 15 is 0 Å². The molecule has 5 rings (SSSR count). The third kappa shape index (κ3) is 6.00. The first-order valence-electron chi connectivity index (χ1n) is 14.0. The molecule has 3 aromatic rings. The van der Waals surface area contributed by atoms with Crippen molar-refractivity contribution in [2.45, 2.75) is 56.4 Å². The summed E-state index contributed by atoms with van der Waals surface area (Å²) in [6.07, 6.45) is -7.11. The molecule has 1 saturated heterocycles. The molecule has 0 aromatic heterocycles. The molecule has 0 unspecified atom stereocenters. The smallest absolute Gasteiger partial charge is 0.326 e. The minimum Gasteiger partial charge on any atom is -0.326 e. The summed E-state index contributed by atoms with van der Waals surface area (Å²) in [5.74, 6) is -0.944. The van der Waals surface area contributed by atoms with Gasteiger partial charge in [0.1, 0.15) is 5.54 Å². The van der Waals surface area contributed by atoms with Crippen molar-refractivity contribution in [2.75, 3.05) is 15.1 Å². The first-order chi connectivity index (χ1) is 21.7. The van der Waals surface area contributed by atoms with Crippen LogP contribution in [0.1, 0.15) is 59.9 Å². The molecule has 1 saturated carbocycles. The van der Waals surface area contributed by atoms with Crippen LogP contribution < -0.4 is 15.1 Å². The Morgan fingerprint density at radius 3 is 1.98 bits per heavy atom. The van der Waals surface area contributed by atoms with E-state index in [9.17, 15) is 35.9 Å². The monoisotopic (exact) mass is 655 g/mol. The summed E-state index contributed by atoms with van der Waals surface area (Å²) in [6, 6.07) is 16.0. The number of hydrogen-bond acceptors (Lipinski definition) is 5. The number of thiocarbonyl (C=S) groups is 1. The maximum Gasteiger partial charge on any atom is 0.417 e. The SMILES string of the molecule is N#Cc1ccc(NC(=O)CCCc2ccc(N3C(=S)N(c4ccc(C#N)c(C(F)(F)F)c4)C(=O)C34CCC4)cc2)cc1C(F)(F)F. The van der Waals surface area contributed by atoms with Crippen molar-refractivity contribution in [2.24, 2.45) is 0 Å². The van der Waals surface area contributed by atoms with Gasteiger partial charge < -0.3 is 10.2 Å². The zero-order valence-electron chi connectivity index (χ0n) is 23.8. The van der Waals surface area contributed by atoms with Crippen LogP contribution >= 0.6 is 12.2 Å². The summed E-state index contributed by atoms with van der Waals surface area (Å²) in [5, 5.41) is 20.5. The number of rotatable bonds is 7. The molecule has 0 atom stereocenters. The van der Waals surface area contributed by atoms with Crippen molar-refractivity contribution in [3.8, 4) is 12.1 Å². The van der Waals surface area contributed by atoms with Crippen molar-refractivity contribution in [3.63, 3.8) is 0 Å². The summed E-state index contributed by atoms with van der Waals surface area (Å²) in [6.45, 7) is 0. The van der Waals surface area contributed by atoms with Gasteiger partial charge in [0.15, 0.2) is 5.11 Å². The topological polar surface area (TPSA) is 100 Å². The number of halogens is 6. The van der Waals surface area contributed by atoms with E-state index in [2.05, 4.69) is 5.32 Å². The van der Waals surface area contributed by atoms with Crippen LogP contribution in [0.25, 0.3) is 0 Å². The van der Waals surface area contributed by atoms with Gasteiger partial charge in [-0.15, -0.1) is 0 Å². The number of carbonyl (C=O) groups excluding carboxylic acids is 2. The molecule has 46 heavy (non-hydrogen) atoms. The first-order valence-corrected chi connectivity index (χ1v) is 14.4. The van der Waals surface area contributed by atoms with Crippen molar-refractivity contribution in [1.29, 1.82) is 10.5 Å². The van der Waals surface area contributed by atoms with E-state index in [1.807, 2.05) is 0 Å². The Labute approximate surface area is 264 Å². The fourth-order valence-electron chi connectivity index (χ4n) is 5.65. The van der Waals surface area contributed by atoms with Crippen LogP contribution in [0.2, 0.25) is 0 Å². The van der Waals surface area contributed by atoms with Crippen molar-refractivity contribution >= 4 is 46.2 Å². The molecular formula is C32H23F6N5O2S. The average Bonchev–Trinajstić information content (AvgIpc) is 3.22. The van der Waals surface area contributed by atoms with Gasteiger partial charge in [0, 0.05) is 17.8 Å². The molecule has 0 radical (unpaired) electrons. The van der Waals surface area contributed by atoms with E-state index < -0.39 is 52.0 Å². The lowest BCUT2D eigenvalue weighted by Crippen LogP contribution is -2.55. The quantitative estimate of drug-likeness (QED) is 0.209. The highest BCUT2D eigenvalue weighted by atomic mass is 32.1. The van der Waals surface area contributed by atoms with Crippen molar-refractivity contribution in [1.82, 2.24) is 0 Å². The third-order valence-electron chi connectivity index (χ3n) is 8.07. The standard InChI is InChI=1S/C32H23F6N5O2S/c33-31(34,35)25-15-22(9-7-20(25)17-39)41-27(44)4-1-3-19-5-10-23(11-6-19)43-29(46)42(28(45)30(43)13-2-14-30)24-12-8-21(18-40)26(16-24)32(36,37)38/h5-12,15-16H,1-4,13-14H2,(H,41,44). The summed E-state index contributed by atoms with van der Waals surface area (Å²) >= 11 is 5.64. The number of anilines is 3. The Morgan fingerprint density at radius 1 is 0.870 bits per heavy atom. The van der Waals surface area contributed by atoms with E-state index in [1.165, 1.54) is 24.3 Å². The third-order valence-corrected chi connectivity index (χ3v) is 8.44. The molecule has 2 amide bonds. The zero-order chi connectivity index (χ0) is 33.4. The van der Waals surface area contributed by atoms with Crippen LogP contribution in [0.3, 0.4) is 0 Å². The normalized spacial score (nSPS) is 15.8. The second-order valence-electron chi connectivity index (χ2n) is 10.9. The molecule has 3 aromatic carbocycles. The summed E-state index contributed by atoms with van der Waals surface area (Å²) < 4.78 is 80.6. The molecule has 7 nitrogen and oxygen atoms in total. The molecule has 236 valence electrons. The number of nitriles is 2. The van der Waals surface area contributed by atoms with Crippen molar-refractivity contribution < 1.29 is 35.9 Å². The Morgan fingerprint density at radius 2 is 1.43 bits per heavy atom. The lowest BCUT2D eigenvalue weighted by Gasteiger charge is -2.43. The lowest BCUT2D eigenvalue weighted by molar-refractivity contribution is -0.138. The van der Waals surface area contributed by atoms with Gasteiger partial charge in [-0.2, -0.15) is 36.9 Å². The second-order valence-corrected chi connectivity index (χ2v) is 11.3. The Balaban J connectivity index is 1.27. The minimum absolute atomic E-state index is 0.0103. The molecule has 14 heteroatoms. The van der Waals surface area contributed by atoms with E-state index in [0.717, 1.165) is 41.1 Å². The van der Waals surface area contributed by atoms with Gasteiger partial charge in [-0.3, -0.25) is 14.5 Å². The number of aryl methyl sites for hydroxylation is 1. The molecule has 0 bridgehead atoms. The Hall–Kier alpha value is -4.95. The van der Waals surface area contributed by atoms with Crippen molar-refractivity contribution in [3.05, 3.63) is 88.5 Å². The predicted octanol–water partition coefficient (Wildman–Crippen LogP) is 7.49. The average molecular weight is 656 g/mol. The number of nitrogens with one attached hydrogen (secondary N) is 1. The molecule has 1 heterocycles. The van der Waals surface area contributed by atoms with Crippen LogP contribution in [0, 0.1) is 22.7 Å². The second kappa shape index (κ2) is 12.1. The van der Waals surface area contributed by atoms with Gasteiger partial charge in [0.05, 0.1) is 40.1 Å². The van der Waals surface area contributed by atoms with Gasteiger partial charge in [0.25, 0.3) is 5.91 Å². The Bertz CT molecular complexity index is 1800. The number of amides is 2. The van der Waals surface area contributed by atoms with Crippen LogP contribution in [0.4, 0.5) is 43.4 Å². The maximum absolute atomic E-state index is 13.7. The highest BCUT2D eigenvalue weighted by molar-refractivity contribution is 7.81. The van der Waals surface area contributed by atoms with E-state index in [0.29, 0.717) is 31.4 Å². The highest BCUT2D eigenvalue weighted by Crippen LogP contribution is 2.48. The predicted molar refractivity (Wildman–Crippen MR) is 159 cm³/mol. The van der Waals surface area contributed by atoms with Crippen LogP contribution in [0.15, 0.2) is 60.7 Å². The molecule has 2 aliphatic rings. The summed E-state index contributed by atoms with van der Waals surface area (Å²) in [7, 11) is 0. The molecule has 1 aliphatic carbocycles.